The molecule has 6 heteroatoms. The van der Waals surface area contributed by atoms with Crippen LogP contribution in [0.2, 0.25) is 0 Å². The van der Waals surface area contributed by atoms with Crippen LogP contribution in [0.3, 0.4) is 0 Å². The number of sulfonamides is 1. The molecule has 26 heavy (non-hydrogen) atoms. The fraction of sp³-hybridized carbons (Fsp3) is 0.400. The van der Waals surface area contributed by atoms with Crippen molar-refractivity contribution in [3.8, 4) is 11.5 Å². The van der Waals surface area contributed by atoms with Crippen molar-refractivity contribution in [3.05, 3.63) is 59.2 Å². The lowest BCUT2D eigenvalue weighted by Gasteiger charge is -2.17. The van der Waals surface area contributed by atoms with Crippen molar-refractivity contribution in [2.75, 3.05) is 13.2 Å². The van der Waals surface area contributed by atoms with Crippen molar-refractivity contribution in [2.45, 2.75) is 39.5 Å². The summed E-state index contributed by atoms with van der Waals surface area (Å²) in [5.74, 6) is 1.23. The average Bonchev–Trinajstić information content (AvgIpc) is 2.58. The molecule has 0 aliphatic rings. The molecule has 0 amide bonds. The molecule has 0 aliphatic carbocycles. The van der Waals surface area contributed by atoms with Gasteiger partial charge in [-0.2, -0.15) is 0 Å². The first kappa shape index (κ1) is 20.3. The third kappa shape index (κ3) is 5.75. The molecule has 1 N–H and O–H groups in total. The van der Waals surface area contributed by atoms with Crippen molar-refractivity contribution in [1.82, 2.24) is 4.72 Å². The minimum atomic E-state index is -3.46. The molecular formula is C20H27NO4S. The zero-order chi connectivity index (χ0) is 19.2. The van der Waals surface area contributed by atoms with E-state index >= 15 is 0 Å². The van der Waals surface area contributed by atoms with E-state index in [-0.39, 0.29) is 11.8 Å². The van der Waals surface area contributed by atoms with Crippen molar-refractivity contribution < 1.29 is 17.9 Å². The van der Waals surface area contributed by atoms with Gasteiger partial charge in [-0.1, -0.05) is 35.9 Å². The van der Waals surface area contributed by atoms with E-state index in [0.29, 0.717) is 24.7 Å². The number of nitrogens with one attached hydrogen (secondary N) is 1. The predicted molar refractivity (Wildman–Crippen MR) is 104 cm³/mol. The minimum Gasteiger partial charge on any atom is -0.490 e. The fourth-order valence-corrected chi connectivity index (χ4v) is 4.01. The maximum absolute atomic E-state index is 12.5. The summed E-state index contributed by atoms with van der Waals surface area (Å²) in [6.45, 7) is 8.65. The maximum Gasteiger partial charge on any atom is 0.216 e. The zero-order valence-electron chi connectivity index (χ0n) is 15.8. The summed E-state index contributed by atoms with van der Waals surface area (Å²) >= 11 is 0. The molecule has 0 saturated carbocycles. The van der Waals surface area contributed by atoms with E-state index in [2.05, 4.69) is 4.72 Å². The summed E-state index contributed by atoms with van der Waals surface area (Å²) in [6, 6.07) is 12.6. The molecule has 0 aliphatic heterocycles. The van der Waals surface area contributed by atoms with E-state index in [1.54, 1.807) is 0 Å². The van der Waals surface area contributed by atoms with Crippen molar-refractivity contribution in [3.63, 3.8) is 0 Å². The Bertz CT molecular complexity index is 816. The van der Waals surface area contributed by atoms with Gasteiger partial charge in [0.1, 0.15) is 0 Å². The molecule has 142 valence electrons. The molecule has 2 aromatic carbocycles. The van der Waals surface area contributed by atoms with Crippen LogP contribution in [-0.2, 0) is 15.8 Å². The second-order valence-corrected chi connectivity index (χ2v) is 7.91. The number of hydrogen-bond donors (Lipinski definition) is 1. The van der Waals surface area contributed by atoms with Gasteiger partial charge >= 0.3 is 0 Å². The van der Waals surface area contributed by atoms with Gasteiger partial charge in [-0.05, 0) is 51.0 Å². The van der Waals surface area contributed by atoms with E-state index in [1.165, 1.54) is 0 Å². The second kappa shape index (κ2) is 9.05. The highest BCUT2D eigenvalue weighted by molar-refractivity contribution is 7.88. The van der Waals surface area contributed by atoms with Gasteiger partial charge in [0.2, 0.25) is 10.0 Å². The minimum absolute atomic E-state index is 0.0486. The molecule has 0 fully saturated rings. The predicted octanol–water partition coefficient (Wildman–Crippen LogP) is 3.97. The third-order valence-electron chi connectivity index (χ3n) is 3.90. The van der Waals surface area contributed by atoms with Crippen LogP contribution in [0.15, 0.2) is 42.5 Å². The van der Waals surface area contributed by atoms with E-state index in [0.717, 1.165) is 16.7 Å². The molecule has 5 nitrogen and oxygen atoms in total. The lowest BCUT2D eigenvalue weighted by atomic mass is 10.1. The first-order chi connectivity index (χ1) is 12.3. The highest BCUT2D eigenvalue weighted by Crippen LogP contribution is 2.31. The van der Waals surface area contributed by atoms with Crippen LogP contribution < -0.4 is 14.2 Å². The van der Waals surface area contributed by atoms with Crippen molar-refractivity contribution in [2.24, 2.45) is 0 Å². The van der Waals surface area contributed by atoms with E-state index in [4.69, 9.17) is 9.47 Å². The van der Waals surface area contributed by atoms with Gasteiger partial charge in [-0.3, -0.25) is 0 Å². The Kier molecular flexibility index (Phi) is 7.06. The van der Waals surface area contributed by atoms with Crippen LogP contribution in [-0.4, -0.2) is 21.6 Å². The molecule has 0 saturated heterocycles. The Labute approximate surface area is 156 Å². The van der Waals surface area contributed by atoms with E-state index in [9.17, 15) is 8.42 Å². The Morgan fingerprint density at radius 2 is 1.58 bits per heavy atom. The largest absolute Gasteiger partial charge is 0.490 e. The topological polar surface area (TPSA) is 64.6 Å². The summed E-state index contributed by atoms with van der Waals surface area (Å²) in [6.07, 6.45) is 0. The molecule has 0 spiro atoms. The molecule has 2 aromatic rings. The number of hydrogen-bond acceptors (Lipinski definition) is 4. The second-order valence-electron chi connectivity index (χ2n) is 6.16. The summed E-state index contributed by atoms with van der Waals surface area (Å²) in [7, 11) is -3.46. The molecule has 2 rings (SSSR count). The summed E-state index contributed by atoms with van der Waals surface area (Å²) in [5, 5.41) is 0. The van der Waals surface area contributed by atoms with Gasteiger partial charge in [0, 0.05) is 6.04 Å². The Morgan fingerprint density at radius 3 is 2.19 bits per heavy atom. The lowest BCUT2D eigenvalue weighted by Crippen LogP contribution is -2.28. The highest BCUT2D eigenvalue weighted by Gasteiger charge is 2.18. The Balaban J connectivity index is 2.13. The smallest absolute Gasteiger partial charge is 0.216 e. The number of ether oxygens (including phenoxy) is 2. The number of benzene rings is 2. The van der Waals surface area contributed by atoms with Crippen LogP contribution in [0.5, 0.6) is 11.5 Å². The van der Waals surface area contributed by atoms with Gasteiger partial charge in [0.05, 0.1) is 19.0 Å². The highest BCUT2D eigenvalue weighted by atomic mass is 32.2. The lowest BCUT2D eigenvalue weighted by molar-refractivity contribution is 0.287. The Hall–Kier alpha value is -2.05. The van der Waals surface area contributed by atoms with Crippen LogP contribution >= 0.6 is 0 Å². The van der Waals surface area contributed by atoms with Gasteiger partial charge < -0.3 is 9.47 Å². The molecule has 0 unspecified atom stereocenters. The average molecular weight is 378 g/mol. The fourth-order valence-electron chi connectivity index (χ4n) is 2.62. The zero-order valence-corrected chi connectivity index (χ0v) is 16.6. The molecule has 0 aromatic heterocycles. The summed E-state index contributed by atoms with van der Waals surface area (Å²) in [4.78, 5) is 0. The van der Waals surface area contributed by atoms with E-state index in [1.807, 2.05) is 70.2 Å². The van der Waals surface area contributed by atoms with Crippen LogP contribution in [0, 0.1) is 6.92 Å². The van der Waals surface area contributed by atoms with Crippen LogP contribution in [0.4, 0.5) is 0 Å². The van der Waals surface area contributed by atoms with Crippen molar-refractivity contribution in [1.29, 1.82) is 0 Å². The van der Waals surface area contributed by atoms with Gasteiger partial charge in [-0.15, -0.1) is 0 Å². The summed E-state index contributed by atoms with van der Waals surface area (Å²) in [5.41, 5.74) is 2.69. The van der Waals surface area contributed by atoms with E-state index < -0.39 is 10.0 Å². The number of aryl methyl sites for hydroxylation is 1. The van der Waals surface area contributed by atoms with Crippen LogP contribution in [0.1, 0.15) is 43.5 Å². The van der Waals surface area contributed by atoms with Gasteiger partial charge in [-0.25, -0.2) is 13.1 Å². The summed E-state index contributed by atoms with van der Waals surface area (Å²) < 4.78 is 38.9. The molecular weight excluding hydrogens is 350 g/mol. The van der Waals surface area contributed by atoms with Crippen LogP contribution in [0.25, 0.3) is 0 Å². The van der Waals surface area contributed by atoms with Gasteiger partial charge in [0.25, 0.3) is 0 Å². The molecule has 1 atom stereocenters. The monoisotopic (exact) mass is 377 g/mol. The third-order valence-corrected chi connectivity index (χ3v) is 5.33. The first-order valence-corrected chi connectivity index (χ1v) is 10.4. The standard InChI is InChI=1S/C20H27NO4S/c1-5-24-19-12-11-18(13-20(19)25-6-2)16(4)21-26(22,23)14-17-9-7-15(3)8-10-17/h7-13,16,21H,5-6,14H2,1-4H3/t16-/m1/s1. The molecule has 0 bridgehead atoms. The molecule has 0 radical (unpaired) electrons. The quantitative estimate of drug-likeness (QED) is 0.718. The van der Waals surface area contributed by atoms with Gasteiger partial charge in [0.15, 0.2) is 11.5 Å². The normalized spacial score (nSPS) is 12.6. The Morgan fingerprint density at radius 1 is 0.962 bits per heavy atom. The maximum atomic E-state index is 12.5. The number of rotatable bonds is 9. The first-order valence-electron chi connectivity index (χ1n) is 8.79. The molecule has 0 heterocycles. The SMILES string of the molecule is CCOc1ccc([C@@H](C)NS(=O)(=O)Cc2ccc(C)cc2)cc1OCC. The van der Waals surface area contributed by atoms with Crippen molar-refractivity contribution >= 4 is 10.0 Å².